The number of carbonyl (C=O) groups excluding carboxylic acids is 2. The van der Waals surface area contributed by atoms with Gasteiger partial charge >= 0.3 is 0 Å². The third-order valence-corrected chi connectivity index (χ3v) is 8.52. The molecule has 1 unspecified atom stereocenters. The van der Waals surface area contributed by atoms with Crippen LogP contribution < -0.4 is 19.1 Å². The van der Waals surface area contributed by atoms with Crippen molar-refractivity contribution in [3.63, 3.8) is 0 Å². The molecule has 0 heterocycles. The van der Waals surface area contributed by atoms with Crippen molar-refractivity contribution in [3.05, 3.63) is 83.7 Å². The summed E-state index contributed by atoms with van der Waals surface area (Å²) in [4.78, 5) is 28.6. The number of aryl methyl sites for hydroxylation is 1. The second-order valence-corrected chi connectivity index (χ2v) is 11.6. The van der Waals surface area contributed by atoms with Gasteiger partial charge in [0.05, 0.1) is 24.8 Å². The number of anilines is 1. The number of carbonyl (C=O) groups is 2. The highest BCUT2D eigenvalue weighted by molar-refractivity contribution is 7.92. The van der Waals surface area contributed by atoms with Gasteiger partial charge in [-0.3, -0.25) is 13.9 Å². The van der Waals surface area contributed by atoms with E-state index in [-0.39, 0.29) is 35.2 Å². The molecule has 2 amide bonds. The average Bonchev–Trinajstić information content (AvgIpc) is 2.99. The number of rotatable bonds is 14. The fourth-order valence-electron chi connectivity index (χ4n) is 4.41. The van der Waals surface area contributed by atoms with Crippen LogP contribution in [0, 0.1) is 12.7 Å². The predicted molar refractivity (Wildman–Crippen MR) is 160 cm³/mol. The molecule has 1 atom stereocenters. The Kier molecular flexibility index (Phi) is 11.3. The van der Waals surface area contributed by atoms with Crippen molar-refractivity contribution in [2.75, 3.05) is 31.6 Å². The van der Waals surface area contributed by atoms with E-state index in [1.165, 1.54) is 61.6 Å². The van der Waals surface area contributed by atoms with Gasteiger partial charge < -0.3 is 19.7 Å². The van der Waals surface area contributed by atoms with Crippen molar-refractivity contribution >= 4 is 27.5 Å². The lowest BCUT2D eigenvalue weighted by atomic mass is 10.1. The number of hydrogen-bond donors (Lipinski definition) is 1. The van der Waals surface area contributed by atoms with Gasteiger partial charge in [-0.1, -0.05) is 43.7 Å². The van der Waals surface area contributed by atoms with Crippen LogP contribution in [0.5, 0.6) is 11.5 Å². The summed E-state index contributed by atoms with van der Waals surface area (Å²) >= 11 is 0. The van der Waals surface area contributed by atoms with E-state index in [1.54, 1.807) is 31.2 Å². The van der Waals surface area contributed by atoms with Crippen LogP contribution in [-0.2, 0) is 26.2 Å². The molecule has 0 aliphatic rings. The topological polar surface area (TPSA) is 105 Å². The molecule has 0 radical (unpaired) electrons. The molecule has 3 aromatic carbocycles. The Morgan fingerprint density at radius 2 is 1.62 bits per heavy atom. The van der Waals surface area contributed by atoms with E-state index in [9.17, 15) is 22.4 Å². The molecule has 226 valence electrons. The van der Waals surface area contributed by atoms with E-state index in [4.69, 9.17) is 9.47 Å². The van der Waals surface area contributed by atoms with Crippen LogP contribution in [0.1, 0.15) is 37.8 Å². The molecule has 0 spiro atoms. The molecule has 3 rings (SSSR count). The molecule has 0 aromatic heterocycles. The summed E-state index contributed by atoms with van der Waals surface area (Å²) in [5, 5.41) is 2.83. The molecule has 0 saturated heterocycles. The van der Waals surface area contributed by atoms with E-state index >= 15 is 0 Å². The van der Waals surface area contributed by atoms with Crippen LogP contribution in [-0.4, -0.2) is 58.5 Å². The second kappa shape index (κ2) is 14.7. The Balaban J connectivity index is 2.13. The molecule has 1 N–H and O–H groups in total. The normalized spacial score (nSPS) is 11.9. The highest BCUT2D eigenvalue weighted by Crippen LogP contribution is 2.36. The highest BCUT2D eigenvalue weighted by Gasteiger charge is 2.35. The minimum absolute atomic E-state index is 0.0245. The molecule has 9 nitrogen and oxygen atoms in total. The molecule has 11 heteroatoms. The summed E-state index contributed by atoms with van der Waals surface area (Å²) in [5.41, 5.74) is 1.54. The highest BCUT2D eigenvalue weighted by atomic mass is 32.2. The lowest BCUT2D eigenvalue weighted by Crippen LogP contribution is -2.52. The standard InChI is InChI=1S/C31H38FN3O6S/c1-6-18-33-31(37)27(7-2)34(20-23-10-12-24(32)13-11-23)30(36)21-35(28-19-25(40-4)14-17-29(28)41-5)42(38,39)26-15-8-22(3)9-16-26/h8-17,19,27H,6-7,18,20-21H2,1-5H3,(H,33,37). The summed E-state index contributed by atoms with van der Waals surface area (Å²) in [6.07, 6.45) is 0.974. The van der Waals surface area contributed by atoms with Gasteiger partial charge in [0.25, 0.3) is 10.0 Å². The lowest BCUT2D eigenvalue weighted by Gasteiger charge is -2.33. The van der Waals surface area contributed by atoms with Gasteiger partial charge in [-0.05, 0) is 61.7 Å². The molecule has 0 saturated carbocycles. The number of amides is 2. The molecular weight excluding hydrogens is 561 g/mol. The van der Waals surface area contributed by atoms with Crippen molar-refractivity contribution < 1.29 is 31.9 Å². The zero-order valence-electron chi connectivity index (χ0n) is 24.6. The summed E-state index contributed by atoms with van der Waals surface area (Å²) in [6.45, 7) is 5.27. The first-order valence-electron chi connectivity index (χ1n) is 13.7. The van der Waals surface area contributed by atoms with Crippen molar-refractivity contribution in [1.82, 2.24) is 10.2 Å². The Hall–Kier alpha value is -4.12. The number of ether oxygens (including phenoxy) is 2. The number of hydrogen-bond acceptors (Lipinski definition) is 6. The van der Waals surface area contributed by atoms with E-state index in [0.717, 1.165) is 9.87 Å². The maximum Gasteiger partial charge on any atom is 0.264 e. The van der Waals surface area contributed by atoms with Crippen molar-refractivity contribution in [2.45, 2.75) is 51.1 Å². The Morgan fingerprint density at radius 3 is 2.19 bits per heavy atom. The zero-order valence-corrected chi connectivity index (χ0v) is 25.4. The molecule has 0 bridgehead atoms. The number of sulfonamides is 1. The third kappa shape index (κ3) is 7.79. The van der Waals surface area contributed by atoms with Crippen LogP contribution in [0.3, 0.4) is 0 Å². The maximum atomic E-state index is 14.2. The summed E-state index contributed by atoms with van der Waals surface area (Å²) in [6, 6.07) is 15.6. The van der Waals surface area contributed by atoms with Gasteiger partial charge in [0.15, 0.2) is 0 Å². The predicted octanol–water partition coefficient (Wildman–Crippen LogP) is 4.68. The van der Waals surface area contributed by atoms with Crippen molar-refractivity contribution in [1.29, 1.82) is 0 Å². The Labute approximate surface area is 247 Å². The minimum Gasteiger partial charge on any atom is -0.497 e. The molecule has 0 aliphatic heterocycles. The average molecular weight is 600 g/mol. The third-order valence-electron chi connectivity index (χ3n) is 6.74. The molecule has 0 aliphatic carbocycles. The van der Waals surface area contributed by atoms with Crippen LogP contribution in [0.15, 0.2) is 71.6 Å². The van der Waals surface area contributed by atoms with E-state index < -0.39 is 34.3 Å². The Bertz CT molecular complexity index is 1460. The number of nitrogens with one attached hydrogen (secondary N) is 1. The first kappa shape index (κ1) is 32.4. The van der Waals surface area contributed by atoms with Gasteiger partial charge in [0.2, 0.25) is 11.8 Å². The minimum atomic E-state index is -4.30. The van der Waals surface area contributed by atoms with Crippen molar-refractivity contribution in [2.24, 2.45) is 0 Å². The van der Waals surface area contributed by atoms with Crippen LogP contribution >= 0.6 is 0 Å². The second-order valence-electron chi connectivity index (χ2n) is 9.73. The monoisotopic (exact) mass is 599 g/mol. The number of halogens is 1. The quantitative estimate of drug-likeness (QED) is 0.289. The van der Waals surface area contributed by atoms with Gasteiger partial charge in [0, 0.05) is 19.2 Å². The van der Waals surface area contributed by atoms with Gasteiger partial charge in [-0.15, -0.1) is 0 Å². The number of nitrogens with zero attached hydrogens (tertiary/aromatic N) is 2. The van der Waals surface area contributed by atoms with Gasteiger partial charge in [-0.2, -0.15) is 0 Å². The van der Waals surface area contributed by atoms with Gasteiger partial charge in [0.1, 0.15) is 29.9 Å². The molecule has 0 fully saturated rings. The fourth-order valence-corrected chi connectivity index (χ4v) is 5.83. The number of methoxy groups -OCH3 is 2. The lowest BCUT2D eigenvalue weighted by molar-refractivity contribution is -0.140. The van der Waals surface area contributed by atoms with Crippen molar-refractivity contribution in [3.8, 4) is 11.5 Å². The Morgan fingerprint density at radius 1 is 0.952 bits per heavy atom. The fraction of sp³-hybridized carbons (Fsp3) is 0.355. The van der Waals surface area contributed by atoms with Crippen LogP contribution in [0.25, 0.3) is 0 Å². The molecule has 3 aromatic rings. The van der Waals surface area contributed by atoms with Gasteiger partial charge in [-0.25, -0.2) is 12.8 Å². The molecule has 42 heavy (non-hydrogen) atoms. The summed E-state index contributed by atoms with van der Waals surface area (Å²) < 4.78 is 53.7. The first-order chi connectivity index (χ1) is 20.0. The van der Waals surface area contributed by atoms with Crippen LogP contribution in [0.2, 0.25) is 0 Å². The van der Waals surface area contributed by atoms with Crippen LogP contribution in [0.4, 0.5) is 10.1 Å². The SMILES string of the molecule is CCCNC(=O)C(CC)N(Cc1ccc(F)cc1)C(=O)CN(c1cc(OC)ccc1OC)S(=O)(=O)c1ccc(C)cc1. The van der Waals surface area contributed by atoms with E-state index in [1.807, 2.05) is 13.8 Å². The zero-order chi connectivity index (χ0) is 30.9. The summed E-state index contributed by atoms with van der Waals surface area (Å²) in [5.74, 6) is -0.863. The largest absolute Gasteiger partial charge is 0.497 e. The maximum absolute atomic E-state index is 14.2. The smallest absolute Gasteiger partial charge is 0.264 e. The first-order valence-corrected chi connectivity index (χ1v) is 15.1. The number of benzene rings is 3. The molecular formula is C31H38FN3O6S. The van der Waals surface area contributed by atoms with E-state index in [0.29, 0.717) is 24.3 Å². The van der Waals surface area contributed by atoms with E-state index in [2.05, 4.69) is 5.32 Å². The summed E-state index contributed by atoms with van der Waals surface area (Å²) in [7, 11) is -1.46.